The third-order valence-electron chi connectivity index (χ3n) is 4.24. The number of benzene rings is 2. The molecule has 0 aliphatic rings. The van der Waals surface area contributed by atoms with Gasteiger partial charge in [0.1, 0.15) is 6.04 Å². The molecule has 0 radical (unpaired) electrons. The number of hydrogen-bond acceptors (Lipinski definition) is 2. The minimum Gasteiger partial charge on any atom is -0.357 e. The number of halogens is 3. The third-order valence-corrected chi connectivity index (χ3v) is 5.23. The number of carbonyl (C=O) groups excluding carboxylic acids is 2. The van der Waals surface area contributed by atoms with E-state index in [1.807, 2.05) is 19.1 Å². The molecular formula is C20H21Cl3N2O2. The molecule has 1 atom stereocenters. The van der Waals surface area contributed by atoms with Gasteiger partial charge >= 0.3 is 0 Å². The fourth-order valence-electron chi connectivity index (χ4n) is 2.80. The molecule has 1 unspecified atom stereocenters. The van der Waals surface area contributed by atoms with Gasteiger partial charge in [-0.15, -0.1) is 0 Å². The molecule has 2 amide bonds. The SMILES string of the molecule is CCC(C(=O)NC)N(Cc1ccc(Cl)cc1)C(=O)Cc1ccc(Cl)c(Cl)c1. The van der Waals surface area contributed by atoms with Crippen molar-refractivity contribution in [2.45, 2.75) is 32.4 Å². The normalized spacial score (nSPS) is 11.7. The number of nitrogens with zero attached hydrogens (tertiary/aromatic N) is 1. The Morgan fingerprint density at radius 3 is 2.19 bits per heavy atom. The average molecular weight is 428 g/mol. The van der Waals surface area contributed by atoms with E-state index in [-0.39, 0.29) is 18.2 Å². The Kier molecular flexibility index (Phi) is 7.96. The Labute approximate surface area is 174 Å². The number of carbonyl (C=O) groups is 2. The van der Waals surface area contributed by atoms with Crippen LogP contribution in [0.2, 0.25) is 15.1 Å². The molecule has 0 bridgehead atoms. The van der Waals surface area contributed by atoms with Gasteiger partial charge in [-0.3, -0.25) is 9.59 Å². The van der Waals surface area contributed by atoms with E-state index < -0.39 is 6.04 Å². The number of hydrogen-bond donors (Lipinski definition) is 1. The van der Waals surface area contributed by atoms with E-state index in [4.69, 9.17) is 34.8 Å². The maximum Gasteiger partial charge on any atom is 0.242 e. The molecule has 2 aromatic rings. The zero-order valence-electron chi connectivity index (χ0n) is 15.1. The van der Waals surface area contributed by atoms with Gasteiger partial charge in [0.15, 0.2) is 0 Å². The van der Waals surface area contributed by atoms with Crippen molar-refractivity contribution in [2.75, 3.05) is 7.05 Å². The molecular weight excluding hydrogens is 407 g/mol. The van der Waals surface area contributed by atoms with E-state index in [1.165, 1.54) is 0 Å². The van der Waals surface area contributed by atoms with Crippen LogP contribution in [0, 0.1) is 0 Å². The maximum absolute atomic E-state index is 13.0. The summed E-state index contributed by atoms with van der Waals surface area (Å²) < 4.78 is 0. The van der Waals surface area contributed by atoms with Gasteiger partial charge in [-0.2, -0.15) is 0 Å². The van der Waals surface area contributed by atoms with E-state index in [1.54, 1.807) is 42.3 Å². The first-order chi connectivity index (χ1) is 12.8. The summed E-state index contributed by atoms with van der Waals surface area (Å²) in [6.45, 7) is 2.18. The van der Waals surface area contributed by atoms with E-state index >= 15 is 0 Å². The molecule has 4 nitrogen and oxygen atoms in total. The highest BCUT2D eigenvalue weighted by atomic mass is 35.5. The minimum absolute atomic E-state index is 0.123. The quantitative estimate of drug-likeness (QED) is 0.693. The van der Waals surface area contributed by atoms with Crippen LogP contribution in [0.3, 0.4) is 0 Å². The lowest BCUT2D eigenvalue weighted by molar-refractivity contribution is -0.140. The Balaban J connectivity index is 2.28. The van der Waals surface area contributed by atoms with Gasteiger partial charge in [0.2, 0.25) is 11.8 Å². The maximum atomic E-state index is 13.0. The van der Waals surface area contributed by atoms with Gasteiger partial charge in [0.05, 0.1) is 16.5 Å². The van der Waals surface area contributed by atoms with Crippen LogP contribution >= 0.6 is 34.8 Å². The smallest absolute Gasteiger partial charge is 0.242 e. The number of rotatable bonds is 7. The Morgan fingerprint density at radius 2 is 1.63 bits per heavy atom. The van der Waals surface area contributed by atoms with Crippen LogP contribution in [-0.2, 0) is 22.6 Å². The first-order valence-electron chi connectivity index (χ1n) is 8.55. The minimum atomic E-state index is -0.569. The van der Waals surface area contributed by atoms with Gasteiger partial charge in [0.25, 0.3) is 0 Å². The van der Waals surface area contributed by atoms with Crippen LogP contribution in [0.4, 0.5) is 0 Å². The highest BCUT2D eigenvalue weighted by Crippen LogP contribution is 2.24. The predicted molar refractivity (Wildman–Crippen MR) is 110 cm³/mol. The summed E-state index contributed by atoms with van der Waals surface area (Å²) in [7, 11) is 1.56. The molecule has 0 aromatic heterocycles. The van der Waals surface area contributed by atoms with E-state index in [0.717, 1.165) is 11.1 Å². The van der Waals surface area contributed by atoms with E-state index in [2.05, 4.69) is 5.32 Å². The van der Waals surface area contributed by atoms with Crippen LogP contribution in [0.5, 0.6) is 0 Å². The van der Waals surface area contributed by atoms with Gasteiger partial charge in [0, 0.05) is 18.6 Å². The zero-order valence-corrected chi connectivity index (χ0v) is 17.4. The lowest BCUT2D eigenvalue weighted by Gasteiger charge is -2.30. The Bertz CT molecular complexity index is 809. The first kappa shape index (κ1) is 21.5. The zero-order chi connectivity index (χ0) is 20.0. The van der Waals surface area contributed by atoms with Crippen LogP contribution in [0.25, 0.3) is 0 Å². The average Bonchev–Trinajstić information content (AvgIpc) is 2.65. The molecule has 27 heavy (non-hydrogen) atoms. The third kappa shape index (κ3) is 5.86. The fraction of sp³-hybridized carbons (Fsp3) is 0.300. The second kappa shape index (κ2) is 9.98. The molecule has 144 valence electrons. The summed E-state index contributed by atoms with van der Waals surface area (Å²) in [5, 5.41) is 4.08. The lowest BCUT2D eigenvalue weighted by Crippen LogP contribution is -2.48. The second-order valence-electron chi connectivity index (χ2n) is 6.11. The topological polar surface area (TPSA) is 49.4 Å². The molecule has 2 aromatic carbocycles. The molecule has 7 heteroatoms. The molecule has 0 aliphatic carbocycles. The van der Waals surface area contributed by atoms with Gasteiger partial charge < -0.3 is 10.2 Å². The van der Waals surface area contributed by atoms with Crippen molar-refractivity contribution < 1.29 is 9.59 Å². The predicted octanol–water partition coefficient (Wildman–Crippen LogP) is 4.74. The van der Waals surface area contributed by atoms with Crippen LogP contribution in [0.1, 0.15) is 24.5 Å². The van der Waals surface area contributed by atoms with Gasteiger partial charge in [-0.25, -0.2) is 0 Å². The largest absolute Gasteiger partial charge is 0.357 e. The Hall–Kier alpha value is -1.75. The highest BCUT2D eigenvalue weighted by molar-refractivity contribution is 6.42. The molecule has 0 aliphatic heterocycles. The summed E-state index contributed by atoms with van der Waals surface area (Å²) in [5.74, 6) is -0.368. The van der Waals surface area contributed by atoms with Gasteiger partial charge in [-0.1, -0.05) is 59.9 Å². The van der Waals surface area contributed by atoms with Gasteiger partial charge in [-0.05, 0) is 41.8 Å². The molecule has 2 rings (SSSR count). The van der Waals surface area contributed by atoms with Crippen LogP contribution in [0.15, 0.2) is 42.5 Å². The number of likely N-dealkylation sites (N-methyl/N-ethyl adjacent to an activating group) is 1. The molecule has 0 saturated heterocycles. The van der Waals surface area contributed by atoms with Crippen LogP contribution in [-0.4, -0.2) is 29.8 Å². The van der Waals surface area contributed by atoms with Crippen molar-refractivity contribution in [1.82, 2.24) is 10.2 Å². The molecule has 0 heterocycles. The van der Waals surface area contributed by atoms with Crippen molar-refractivity contribution in [1.29, 1.82) is 0 Å². The van der Waals surface area contributed by atoms with Crippen LogP contribution < -0.4 is 5.32 Å². The second-order valence-corrected chi connectivity index (χ2v) is 7.36. The van der Waals surface area contributed by atoms with Crippen molar-refractivity contribution >= 4 is 46.6 Å². The molecule has 0 fully saturated rings. The summed E-state index contributed by atoms with van der Waals surface area (Å²) in [6.07, 6.45) is 0.623. The lowest BCUT2D eigenvalue weighted by atomic mass is 10.1. The Morgan fingerprint density at radius 1 is 1.00 bits per heavy atom. The van der Waals surface area contributed by atoms with E-state index in [0.29, 0.717) is 28.0 Å². The molecule has 0 spiro atoms. The fourth-order valence-corrected chi connectivity index (χ4v) is 3.25. The summed E-state index contributed by atoms with van der Waals surface area (Å²) >= 11 is 17.9. The van der Waals surface area contributed by atoms with Crippen molar-refractivity contribution in [3.63, 3.8) is 0 Å². The highest BCUT2D eigenvalue weighted by Gasteiger charge is 2.28. The monoisotopic (exact) mass is 426 g/mol. The van der Waals surface area contributed by atoms with E-state index in [9.17, 15) is 9.59 Å². The molecule has 1 N–H and O–H groups in total. The van der Waals surface area contributed by atoms with Crippen molar-refractivity contribution in [3.05, 3.63) is 68.7 Å². The number of amides is 2. The molecule has 0 saturated carbocycles. The summed E-state index contributed by atoms with van der Waals surface area (Å²) in [5.41, 5.74) is 1.63. The van der Waals surface area contributed by atoms with Crippen molar-refractivity contribution in [3.8, 4) is 0 Å². The standard InChI is InChI=1S/C20H21Cl3N2O2/c1-3-18(20(27)24-2)25(12-13-4-7-15(21)8-5-13)19(26)11-14-6-9-16(22)17(23)10-14/h4-10,18H,3,11-12H2,1-2H3,(H,24,27). The first-order valence-corrected chi connectivity index (χ1v) is 9.68. The summed E-state index contributed by atoms with van der Waals surface area (Å²) in [4.78, 5) is 27.0. The summed E-state index contributed by atoms with van der Waals surface area (Å²) in [6, 6.07) is 11.7. The number of nitrogens with one attached hydrogen (secondary N) is 1. The van der Waals surface area contributed by atoms with Crippen molar-refractivity contribution in [2.24, 2.45) is 0 Å².